The molecule has 0 amide bonds. The van der Waals surface area contributed by atoms with E-state index in [1.165, 1.54) is 12.8 Å². The Kier molecular flexibility index (Phi) is 4.70. The van der Waals surface area contributed by atoms with Crippen molar-refractivity contribution in [3.05, 3.63) is 18.2 Å². The van der Waals surface area contributed by atoms with Crippen LogP contribution in [0.5, 0.6) is 11.5 Å². The molecular formula is C14H22N2O2. The van der Waals surface area contributed by atoms with Crippen molar-refractivity contribution in [2.45, 2.75) is 25.8 Å². The number of nitrogens with one attached hydrogen (secondary N) is 2. The van der Waals surface area contributed by atoms with Crippen LogP contribution in [0.25, 0.3) is 0 Å². The van der Waals surface area contributed by atoms with Crippen LogP contribution in [0.15, 0.2) is 18.2 Å². The van der Waals surface area contributed by atoms with E-state index in [-0.39, 0.29) is 0 Å². The third kappa shape index (κ3) is 3.29. The topological polar surface area (TPSA) is 42.5 Å². The number of ether oxygens (including phenoxy) is 2. The normalized spacial score (nSPS) is 18.7. The molecule has 1 aliphatic heterocycles. The maximum Gasteiger partial charge on any atom is 0.162 e. The molecule has 1 aliphatic rings. The van der Waals surface area contributed by atoms with Gasteiger partial charge in [-0.05, 0) is 38.4 Å². The van der Waals surface area contributed by atoms with Crippen LogP contribution in [0.2, 0.25) is 0 Å². The van der Waals surface area contributed by atoms with E-state index in [9.17, 15) is 0 Å². The third-order valence-electron chi connectivity index (χ3n) is 3.18. The second-order valence-electron chi connectivity index (χ2n) is 4.47. The Morgan fingerprint density at radius 2 is 2.28 bits per heavy atom. The molecule has 4 heteroatoms. The number of rotatable bonds is 6. The Bertz CT molecular complexity index is 376. The summed E-state index contributed by atoms with van der Waals surface area (Å²) in [4.78, 5) is 0. The standard InChI is InChI=1S/C14H22N2O2/c1-3-18-13-7-6-11(9-14(13)17-2)16-10-12-5-4-8-15-12/h6-7,9,12,15-16H,3-5,8,10H2,1-2H3. The highest BCUT2D eigenvalue weighted by Crippen LogP contribution is 2.30. The van der Waals surface area contributed by atoms with E-state index in [1.54, 1.807) is 7.11 Å². The molecule has 0 aromatic heterocycles. The van der Waals surface area contributed by atoms with Crippen LogP contribution >= 0.6 is 0 Å². The molecule has 0 bridgehead atoms. The van der Waals surface area contributed by atoms with Gasteiger partial charge >= 0.3 is 0 Å². The van der Waals surface area contributed by atoms with Crippen molar-refractivity contribution in [3.63, 3.8) is 0 Å². The van der Waals surface area contributed by atoms with Crippen LogP contribution in [-0.2, 0) is 0 Å². The highest BCUT2D eigenvalue weighted by molar-refractivity contribution is 5.54. The maximum atomic E-state index is 5.50. The summed E-state index contributed by atoms with van der Waals surface area (Å²) in [7, 11) is 1.67. The van der Waals surface area contributed by atoms with Crippen molar-refractivity contribution in [1.29, 1.82) is 0 Å². The summed E-state index contributed by atoms with van der Waals surface area (Å²) in [5, 5.41) is 6.90. The second kappa shape index (κ2) is 6.50. The summed E-state index contributed by atoms with van der Waals surface area (Å²) in [5.74, 6) is 1.57. The van der Waals surface area contributed by atoms with E-state index in [2.05, 4.69) is 10.6 Å². The molecule has 1 unspecified atom stereocenters. The first-order chi connectivity index (χ1) is 8.83. The van der Waals surface area contributed by atoms with Gasteiger partial charge in [-0.15, -0.1) is 0 Å². The summed E-state index contributed by atoms with van der Waals surface area (Å²) in [6.45, 7) is 4.71. The lowest BCUT2D eigenvalue weighted by atomic mass is 10.2. The van der Waals surface area contributed by atoms with Gasteiger partial charge in [-0.25, -0.2) is 0 Å². The molecule has 1 aromatic rings. The zero-order valence-electron chi connectivity index (χ0n) is 11.2. The quantitative estimate of drug-likeness (QED) is 0.812. The Hall–Kier alpha value is -1.42. The molecule has 2 rings (SSSR count). The van der Waals surface area contributed by atoms with Crippen molar-refractivity contribution in [3.8, 4) is 11.5 Å². The van der Waals surface area contributed by atoms with E-state index in [1.807, 2.05) is 25.1 Å². The Labute approximate surface area is 109 Å². The lowest BCUT2D eigenvalue weighted by Crippen LogP contribution is -2.29. The molecule has 18 heavy (non-hydrogen) atoms. The highest BCUT2D eigenvalue weighted by Gasteiger charge is 2.13. The van der Waals surface area contributed by atoms with Gasteiger partial charge in [0.15, 0.2) is 11.5 Å². The van der Waals surface area contributed by atoms with Crippen molar-refractivity contribution >= 4 is 5.69 Å². The summed E-state index contributed by atoms with van der Waals surface area (Å²) in [6, 6.07) is 6.55. The smallest absolute Gasteiger partial charge is 0.162 e. The zero-order valence-corrected chi connectivity index (χ0v) is 11.2. The molecule has 0 radical (unpaired) electrons. The van der Waals surface area contributed by atoms with E-state index < -0.39 is 0 Å². The average molecular weight is 250 g/mol. The van der Waals surface area contributed by atoms with Gasteiger partial charge in [0.25, 0.3) is 0 Å². The van der Waals surface area contributed by atoms with Crippen molar-refractivity contribution in [2.24, 2.45) is 0 Å². The Balaban J connectivity index is 1.95. The minimum absolute atomic E-state index is 0.586. The monoisotopic (exact) mass is 250 g/mol. The van der Waals surface area contributed by atoms with Crippen LogP contribution in [-0.4, -0.2) is 32.8 Å². The number of anilines is 1. The fraction of sp³-hybridized carbons (Fsp3) is 0.571. The summed E-state index contributed by atoms with van der Waals surface area (Å²) in [5.41, 5.74) is 1.07. The number of methoxy groups -OCH3 is 1. The van der Waals surface area contributed by atoms with Crippen LogP contribution in [0.4, 0.5) is 5.69 Å². The molecule has 0 saturated carbocycles. The first kappa shape index (κ1) is 13.0. The van der Waals surface area contributed by atoms with Crippen LogP contribution in [0.1, 0.15) is 19.8 Å². The molecule has 1 heterocycles. The maximum absolute atomic E-state index is 5.50. The zero-order chi connectivity index (χ0) is 12.8. The molecule has 100 valence electrons. The SMILES string of the molecule is CCOc1ccc(NCC2CCCN2)cc1OC. The van der Waals surface area contributed by atoms with E-state index in [0.717, 1.165) is 30.3 Å². The van der Waals surface area contributed by atoms with Crippen molar-refractivity contribution in [2.75, 3.05) is 32.1 Å². The predicted octanol–water partition coefficient (Wildman–Crippen LogP) is 2.26. The first-order valence-corrected chi connectivity index (χ1v) is 6.61. The Morgan fingerprint density at radius 1 is 1.39 bits per heavy atom. The second-order valence-corrected chi connectivity index (χ2v) is 4.47. The van der Waals surface area contributed by atoms with E-state index in [4.69, 9.17) is 9.47 Å². The van der Waals surface area contributed by atoms with Gasteiger partial charge in [-0.1, -0.05) is 0 Å². The predicted molar refractivity (Wildman–Crippen MR) is 73.7 cm³/mol. The first-order valence-electron chi connectivity index (χ1n) is 6.61. The van der Waals surface area contributed by atoms with E-state index in [0.29, 0.717) is 12.6 Å². The van der Waals surface area contributed by atoms with Crippen molar-refractivity contribution < 1.29 is 9.47 Å². The van der Waals surface area contributed by atoms with Gasteiger partial charge in [0.1, 0.15) is 0 Å². The van der Waals surface area contributed by atoms with Crippen LogP contribution in [0.3, 0.4) is 0 Å². The van der Waals surface area contributed by atoms with Crippen LogP contribution < -0.4 is 20.1 Å². The molecule has 2 N–H and O–H groups in total. The van der Waals surface area contributed by atoms with Gasteiger partial charge in [0.2, 0.25) is 0 Å². The molecule has 1 atom stereocenters. The third-order valence-corrected chi connectivity index (χ3v) is 3.18. The van der Waals surface area contributed by atoms with Crippen molar-refractivity contribution in [1.82, 2.24) is 5.32 Å². The van der Waals surface area contributed by atoms with Crippen LogP contribution in [0, 0.1) is 0 Å². The average Bonchev–Trinajstić information content (AvgIpc) is 2.91. The van der Waals surface area contributed by atoms with Gasteiger partial charge < -0.3 is 20.1 Å². The molecule has 0 spiro atoms. The molecule has 1 saturated heterocycles. The van der Waals surface area contributed by atoms with Gasteiger partial charge in [0, 0.05) is 24.3 Å². The summed E-state index contributed by atoms with van der Waals surface area (Å²) >= 11 is 0. The minimum atomic E-state index is 0.586. The van der Waals surface area contributed by atoms with Gasteiger partial charge in [-0.2, -0.15) is 0 Å². The fourth-order valence-corrected chi connectivity index (χ4v) is 2.22. The number of hydrogen-bond acceptors (Lipinski definition) is 4. The highest BCUT2D eigenvalue weighted by atomic mass is 16.5. The lowest BCUT2D eigenvalue weighted by molar-refractivity contribution is 0.311. The Morgan fingerprint density at radius 3 is 2.94 bits per heavy atom. The number of hydrogen-bond donors (Lipinski definition) is 2. The summed E-state index contributed by atoms with van der Waals surface area (Å²) in [6.07, 6.45) is 2.53. The molecule has 4 nitrogen and oxygen atoms in total. The summed E-state index contributed by atoms with van der Waals surface area (Å²) < 4.78 is 10.8. The molecular weight excluding hydrogens is 228 g/mol. The van der Waals surface area contributed by atoms with Gasteiger partial charge in [-0.3, -0.25) is 0 Å². The molecule has 1 aromatic carbocycles. The fourth-order valence-electron chi connectivity index (χ4n) is 2.22. The molecule has 1 fully saturated rings. The minimum Gasteiger partial charge on any atom is -0.493 e. The van der Waals surface area contributed by atoms with E-state index >= 15 is 0 Å². The lowest BCUT2D eigenvalue weighted by Gasteiger charge is -2.15. The van der Waals surface area contributed by atoms with Gasteiger partial charge in [0.05, 0.1) is 13.7 Å². The molecule has 0 aliphatic carbocycles. The number of benzene rings is 1. The largest absolute Gasteiger partial charge is 0.493 e.